The molecular weight excluding hydrogens is 388 g/mol. The zero-order chi connectivity index (χ0) is 21.4. The summed E-state index contributed by atoms with van der Waals surface area (Å²) in [6.07, 6.45) is 0.473. The number of para-hydroxylation sites is 2. The lowest BCUT2D eigenvalue weighted by atomic mass is 10.0. The lowest BCUT2D eigenvalue weighted by molar-refractivity contribution is -0.130. The number of aromatic nitrogens is 2. The molecule has 31 heavy (non-hydrogen) atoms. The number of fused-ring (bicyclic) bond motifs is 1. The standard InChI is InChI=1S/C25H20N4O2/c1-17(30)29-23(16-22(27-29)18-10-4-2-5-11-18)24-26-21-15-9-8-14-20(21)25(31)28(24)19-12-6-3-7-13-19/h2-15,23H,16H2,1H3. The van der Waals surface area contributed by atoms with Crippen LogP contribution in [-0.4, -0.2) is 26.2 Å². The van der Waals surface area contributed by atoms with Gasteiger partial charge in [0.1, 0.15) is 11.9 Å². The molecule has 0 bridgehead atoms. The van der Waals surface area contributed by atoms with Crippen LogP contribution in [0.4, 0.5) is 0 Å². The SMILES string of the molecule is CC(=O)N1N=C(c2ccccc2)CC1c1nc2ccccc2c(=O)n1-c1ccccc1. The second-order valence-corrected chi connectivity index (χ2v) is 7.46. The fourth-order valence-electron chi connectivity index (χ4n) is 4.01. The summed E-state index contributed by atoms with van der Waals surface area (Å²) >= 11 is 0. The van der Waals surface area contributed by atoms with Crippen molar-refractivity contribution in [2.75, 3.05) is 0 Å². The van der Waals surface area contributed by atoms with E-state index in [0.717, 1.165) is 11.3 Å². The van der Waals surface area contributed by atoms with Gasteiger partial charge in [0.25, 0.3) is 5.56 Å². The number of amides is 1. The van der Waals surface area contributed by atoms with E-state index >= 15 is 0 Å². The van der Waals surface area contributed by atoms with Gasteiger partial charge in [0.2, 0.25) is 5.91 Å². The van der Waals surface area contributed by atoms with Gasteiger partial charge in [-0.15, -0.1) is 0 Å². The summed E-state index contributed by atoms with van der Waals surface area (Å²) < 4.78 is 1.60. The lowest BCUT2D eigenvalue weighted by Crippen LogP contribution is -2.32. The molecule has 1 aliphatic rings. The largest absolute Gasteiger partial charge is 0.273 e. The van der Waals surface area contributed by atoms with Crippen LogP contribution in [0.2, 0.25) is 0 Å². The van der Waals surface area contributed by atoms with Crippen molar-refractivity contribution in [1.82, 2.24) is 14.6 Å². The second-order valence-electron chi connectivity index (χ2n) is 7.46. The Morgan fingerprint density at radius 3 is 2.26 bits per heavy atom. The van der Waals surface area contributed by atoms with Gasteiger partial charge in [0.05, 0.1) is 22.3 Å². The molecule has 6 heteroatoms. The van der Waals surface area contributed by atoms with E-state index < -0.39 is 6.04 Å². The van der Waals surface area contributed by atoms with Gasteiger partial charge in [0.15, 0.2) is 0 Å². The Kier molecular flexibility index (Phi) is 4.67. The molecule has 5 rings (SSSR count). The number of carbonyl (C=O) groups is 1. The van der Waals surface area contributed by atoms with E-state index in [1.807, 2.05) is 78.9 Å². The van der Waals surface area contributed by atoms with Crippen LogP contribution in [0, 0.1) is 0 Å². The van der Waals surface area contributed by atoms with Crippen LogP contribution in [0.3, 0.4) is 0 Å². The Balaban J connectivity index is 1.72. The molecule has 1 aliphatic heterocycles. The minimum absolute atomic E-state index is 0.163. The van der Waals surface area contributed by atoms with Gasteiger partial charge >= 0.3 is 0 Å². The summed E-state index contributed by atoms with van der Waals surface area (Å²) in [6.45, 7) is 1.48. The van der Waals surface area contributed by atoms with E-state index in [4.69, 9.17) is 4.98 Å². The third-order valence-electron chi connectivity index (χ3n) is 5.45. The summed E-state index contributed by atoms with van der Waals surface area (Å²) in [7, 11) is 0. The van der Waals surface area contributed by atoms with E-state index in [1.54, 1.807) is 10.6 Å². The molecule has 152 valence electrons. The van der Waals surface area contributed by atoms with Crippen molar-refractivity contribution in [2.24, 2.45) is 5.10 Å². The molecule has 0 fully saturated rings. The summed E-state index contributed by atoms with van der Waals surface area (Å²) in [5.41, 5.74) is 2.89. The van der Waals surface area contributed by atoms with Crippen LogP contribution in [0.5, 0.6) is 0 Å². The van der Waals surface area contributed by atoms with Crippen LogP contribution < -0.4 is 5.56 Å². The van der Waals surface area contributed by atoms with Gasteiger partial charge in [0, 0.05) is 13.3 Å². The van der Waals surface area contributed by atoms with Gasteiger partial charge in [-0.3, -0.25) is 14.2 Å². The van der Waals surface area contributed by atoms with E-state index in [0.29, 0.717) is 28.8 Å². The van der Waals surface area contributed by atoms with Crippen molar-refractivity contribution >= 4 is 22.5 Å². The fourth-order valence-corrected chi connectivity index (χ4v) is 4.01. The van der Waals surface area contributed by atoms with Crippen molar-refractivity contribution in [3.63, 3.8) is 0 Å². The van der Waals surface area contributed by atoms with Crippen LogP contribution in [-0.2, 0) is 4.79 Å². The van der Waals surface area contributed by atoms with E-state index in [9.17, 15) is 9.59 Å². The normalized spacial score (nSPS) is 15.8. The fraction of sp³-hybridized carbons (Fsp3) is 0.120. The van der Waals surface area contributed by atoms with E-state index in [2.05, 4.69) is 5.10 Å². The van der Waals surface area contributed by atoms with Crippen LogP contribution in [0.15, 0.2) is 94.8 Å². The zero-order valence-corrected chi connectivity index (χ0v) is 17.0. The Morgan fingerprint density at radius 2 is 1.55 bits per heavy atom. The molecule has 0 radical (unpaired) electrons. The topological polar surface area (TPSA) is 67.6 Å². The minimum Gasteiger partial charge on any atom is -0.273 e. The van der Waals surface area contributed by atoms with Gasteiger partial charge in [-0.05, 0) is 29.8 Å². The molecule has 0 aliphatic carbocycles. The smallest absolute Gasteiger partial charge is 0.266 e. The zero-order valence-electron chi connectivity index (χ0n) is 17.0. The number of hydrazone groups is 1. The number of benzene rings is 3. The van der Waals surface area contributed by atoms with Gasteiger partial charge in [-0.1, -0.05) is 60.7 Å². The Bertz CT molecular complexity index is 1360. The number of carbonyl (C=O) groups excluding carboxylic acids is 1. The summed E-state index contributed by atoms with van der Waals surface area (Å²) in [5, 5.41) is 6.58. The Hall–Kier alpha value is -4.06. The number of nitrogens with zero attached hydrogens (tertiary/aromatic N) is 4. The van der Waals surface area contributed by atoms with Crippen molar-refractivity contribution in [3.8, 4) is 5.69 Å². The molecule has 4 aromatic rings. The lowest BCUT2D eigenvalue weighted by Gasteiger charge is -2.23. The highest BCUT2D eigenvalue weighted by Crippen LogP contribution is 2.33. The molecule has 3 aromatic carbocycles. The Labute approximate surface area is 179 Å². The molecule has 0 N–H and O–H groups in total. The van der Waals surface area contributed by atoms with Crippen LogP contribution >= 0.6 is 0 Å². The average molecular weight is 408 g/mol. The maximum absolute atomic E-state index is 13.5. The van der Waals surface area contributed by atoms with Crippen molar-refractivity contribution in [1.29, 1.82) is 0 Å². The first-order valence-electron chi connectivity index (χ1n) is 10.1. The van der Waals surface area contributed by atoms with Crippen molar-refractivity contribution in [3.05, 3.63) is 107 Å². The monoisotopic (exact) mass is 408 g/mol. The molecule has 0 saturated heterocycles. The number of hydrogen-bond donors (Lipinski definition) is 0. The summed E-state index contributed by atoms with van der Waals surface area (Å²) in [6, 6.07) is 26.0. The van der Waals surface area contributed by atoms with Crippen LogP contribution in [0.1, 0.15) is 30.8 Å². The quantitative estimate of drug-likeness (QED) is 0.513. The minimum atomic E-state index is -0.481. The molecule has 0 spiro atoms. The summed E-state index contributed by atoms with van der Waals surface area (Å²) in [5.74, 6) is 0.303. The number of rotatable bonds is 3. The van der Waals surface area contributed by atoms with Crippen molar-refractivity contribution < 1.29 is 4.79 Å². The molecule has 1 aromatic heterocycles. The maximum Gasteiger partial charge on any atom is 0.266 e. The molecule has 0 saturated carbocycles. The molecule has 1 atom stereocenters. The highest BCUT2D eigenvalue weighted by Gasteiger charge is 2.35. The highest BCUT2D eigenvalue weighted by molar-refractivity contribution is 6.03. The van der Waals surface area contributed by atoms with Gasteiger partial charge in [-0.2, -0.15) is 5.10 Å². The summed E-state index contributed by atoms with van der Waals surface area (Å²) in [4.78, 5) is 30.9. The Morgan fingerprint density at radius 1 is 0.903 bits per heavy atom. The van der Waals surface area contributed by atoms with Gasteiger partial charge < -0.3 is 0 Å². The third-order valence-corrected chi connectivity index (χ3v) is 5.45. The number of hydrogen-bond acceptors (Lipinski definition) is 4. The first-order chi connectivity index (χ1) is 15.1. The predicted molar refractivity (Wildman–Crippen MR) is 120 cm³/mol. The van der Waals surface area contributed by atoms with E-state index in [1.165, 1.54) is 11.9 Å². The molecule has 1 amide bonds. The average Bonchev–Trinajstić information content (AvgIpc) is 3.26. The first-order valence-corrected chi connectivity index (χ1v) is 10.1. The third kappa shape index (κ3) is 3.32. The second kappa shape index (κ2) is 7.65. The van der Waals surface area contributed by atoms with E-state index in [-0.39, 0.29) is 11.5 Å². The highest BCUT2D eigenvalue weighted by atomic mass is 16.2. The molecular formula is C25H20N4O2. The predicted octanol–water partition coefficient (Wildman–Crippen LogP) is 4.08. The maximum atomic E-state index is 13.5. The van der Waals surface area contributed by atoms with Gasteiger partial charge in [-0.25, -0.2) is 9.99 Å². The molecule has 2 heterocycles. The molecule has 1 unspecified atom stereocenters. The van der Waals surface area contributed by atoms with Crippen LogP contribution in [0.25, 0.3) is 16.6 Å². The van der Waals surface area contributed by atoms with Crippen molar-refractivity contribution in [2.45, 2.75) is 19.4 Å². The first kappa shape index (κ1) is 18.9. The molecule has 6 nitrogen and oxygen atoms in total.